The van der Waals surface area contributed by atoms with E-state index in [1.807, 2.05) is 10.2 Å². The second kappa shape index (κ2) is 10.4. The molecule has 0 unspecified atom stereocenters. The van der Waals surface area contributed by atoms with Gasteiger partial charge >= 0.3 is 12.2 Å². The minimum Gasteiger partial charge on any atom is -0.491 e. The molecule has 1 fully saturated rings. The third-order valence-electron chi connectivity index (χ3n) is 6.15. The number of pyridine rings is 2. The van der Waals surface area contributed by atoms with Crippen LogP contribution in [0.5, 0.6) is 5.75 Å². The summed E-state index contributed by atoms with van der Waals surface area (Å²) in [6, 6.07) is 1.44. The zero-order valence-corrected chi connectivity index (χ0v) is 20.1. The quantitative estimate of drug-likeness (QED) is 0.430. The molecule has 11 nitrogen and oxygen atoms in total. The van der Waals surface area contributed by atoms with Gasteiger partial charge in [0.05, 0.1) is 18.3 Å². The molecule has 0 saturated carbocycles. The van der Waals surface area contributed by atoms with E-state index in [0.717, 1.165) is 6.92 Å². The number of alkyl halides is 3. The average Bonchev–Trinajstić information content (AvgIpc) is 3.24. The molecule has 0 radical (unpaired) electrons. The molecular weight excluding hydrogens is 497 g/mol. The van der Waals surface area contributed by atoms with E-state index in [4.69, 9.17) is 9.84 Å². The van der Waals surface area contributed by atoms with Crippen LogP contribution >= 0.6 is 0 Å². The van der Waals surface area contributed by atoms with Gasteiger partial charge in [-0.1, -0.05) is 0 Å². The number of carbonyl (C=O) groups excluding carboxylic acids is 2. The van der Waals surface area contributed by atoms with Crippen molar-refractivity contribution in [3.05, 3.63) is 35.7 Å². The van der Waals surface area contributed by atoms with Gasteiger partial charge in [0.25, 0.3) is 5.91 Å². The number of amides is 3. The number of aromatic nitrogens is 2. The van der Waals surface area contributed by atoms with Gasteiger partial charge < -0.3 is 25.2 Å². The number of carbonyl (C=O) groups is 2. The van der Waals surface area contributed by atoms with E-state index in [2.05, 4.69) is 15.3 Å². The van der Waals surface area contributed by atoms with Crippen LogP contribution in [0.15, 0.2) is 24.4 Å². The van der Waals surface area contributed by atoms with Gasteiger partial charge in [-0.25, -0.2) is 14.8 Å². The molecule has 0 aromatic carbocycles. The molecule has 37 heavy (non-hydrogen) atoms. The lowest BCUT2D eigenvalue weighted by Gasteiger charge is -2.36. The summed E-state index contributed by atoms with van der Waals surface area (Å²) in [6.07, 6.45) is -3.66. The Balaban J connectivity index is 1.59. The summed E-state index contributed by atoms with van der Waals surface area (Å²) in [7, 11) is 0. The third kappa shape index (κ3) is 5.69. The van der Waals surface area contributed by atoms with Gasteiger partial charge in [-0.3, -0.25) is 15.0 Å². The monoisotopic (exact) mass is 524 g/mol. The van der Waals surface area contributed by atoms with E-state index in [-0.39, 0.29) is 30.0 Å². The highest BCUT2D eigenvalue weighted by molar-refractivity contribution is 6.05. The molecule has 3 amide bonds. The zero-order chi connectivity index (χ0) is 26.9. The van der Waals surface area contributed by atoms with Crippen molar-refractivity contribution >= 4 is 29.3 Å². The molecule has 2 aromatic rings. The van der Waals surface area contributed by atoms with Gasteiger partial charge in [-0.05, 0) is 38.0 Å². The SMILES string of the molecule is Cc1cc(C(=O)N[C@H](C)C(F)(F)F)nc2c1N1CC[C@@H](C1)N2C(=O)Nc1cc(OC[C@H](O)CO)ccn1. The maximum Gasteiger partial charge on any atom is 0.408 e. The number of aliphatic hydroxyl groups is 2. The number of halogens is 3. The fraction of sp³-hybridized carbons (Fsp3) is 0.478. The van der Waals surface area contributed by atoms with Crippen molar-refractivity contribution in [3.63, 3.8) is 0 Å². The van der Waals surface area contributed by atoms with Crippen LogP contribution in [-0.4, -0.2) is 82.8 Å². The van der Waals surface area contributed by atoms with Gasteiger partial charge in [0.1, 0.15) is 36.0 Å². The number of hydrogen-bond acceptors (Lipinski definition) is 8. The first kappa shape index (κ1) is 26.4. The Hall–Kier alpha value is -3.65. The largest absolute Gasteiger partial charge is 0.491 e. The van der Waals surface area contributed by atoms with Gasteiger partial charge in [0.2, 0.25) is 0 Å². The third-order valence-corrected chi connectivity index (χ3v) is 6.15. The van der Waals surface area contributed by atoms with Gasteiger partial charge in [-0.2, -0.15) is 13.2 Å². The number of urea groups is 1. The molecule has 2 bridgehead atoms. The maximum absolute atomic E-state index is 13.4. The molecule has 3 atom stereocenters. The van der Waals surface area contributed by atoms with Crippen LogP contribution in [0.2, 0.25) is 0 Å². The van der Waals surface area contributed by atoms with Crippen LogP contribution < -0.4 is 25.2 Å². The first-order valence-corrected chi connectivity index (χ1v) is 11.6. The van der Waals surface area contributed by atoms with Crippen LogP contribution in [0.4, 0.5) is 35.3 Å². The van der Waals surface area contributed by atoms with Gasteiger partial charge in [-0.15, -0.1) is 0 Å². The predicted octanol–water partition coefficient (Wildman–Crippen LogP) is 1.83. The van der Waals surface area contributed by atoms with Crippen molar-refractivity contribution in [2.45, 2.75) is 44.6 Å². The standard InChI is InChI=1S/C23H27F3N6O5/c1-12-7-17(21(35)28-13(2)23(24,25)26)29-20-19(12)31-6-4-14(9-31)32(20)22(36)30-18-8-16(3-5-27-18)37-11-15(34)10-33/h3,5,7-8,13-15,33-34H,4,6,9-11H2,1-2H3,(H,28,35)(H,27,30,36)/t13-,14+,15-/m1/s1. The smallest absolute Gasteiger partial charge is 0.408 e. The highest BCUT2D eigenvalue weighted by atomic mass is 19.4. The summed E-state index contributed by atoms with van der Waals surface area (Å²) in [5.41, 5.74) is 1.000. The fourth-order valence-corrected chi connectivity index (χ4v) is 4.25. The number of rotatable bonds is 7. The van der Waals surface area contributed by atoms with Crippen molar-refractivity contribution in [1.82, 2.24) is 15.3 Å². The molecule has 4 rings (SSSR count). The van der Waals surface area contributed by atoms with Gasteiger partial charge in [0, 0.05) is 25.4 Å². The molecule has 0 aliphatic carbocycles. The molecule has 4 heterocycles. The molecule has 2 aliphatic heterocycles. The highest BCUT2D eigenvalue weighted by Crippen LogP contribution is 2.41. The lowest BCUT2D eigenvalue weighted by atomic mass is 10.1. The molecule has 2 aromatic heterocycles. The Kier molecular flexibility index (Phi) is 7.41. The molecular formula is C23H27F3N6O5. The number of aliphatic hydroxyl groups excluding tert-OH is 2. The number of ether oxygens (including phenoxy) is 1. The summed E-state index contributed by atoms with van der Waals surface area (Å²) >= 11 is 0. The number of aryl methyl sites for hydroxylation is 1. The van der Waals surface area contributed by atoms with Crippen LogP contribution in [-0.2, 0) is 0 Å². The van der Waals surface area contributed by atoms with Crippen molar-refractivity contribution in [2.75, 3.05) is 41.4 Å². The van der Waals surface area contributed by atoms with Crippen LogP contribution in [0, 0.1) is 6.92 Å². The van der Waals surface area contributed by atoms with Gasteiger partial charge in [0.15, 0.2) is 5.82 Å². The van der Waals surface area contributed by atoms with Crippen molar-refractivity contribution < 1.29 is 37.7 Å². The molecule has 2 aliphatic rings. The molecule has 14 heteroatoms. The maximum atomic E-state index is 13.4. The second-order valence-corrected chi connectivity index (χ2v) is 8.95. The Bertz CT molecular complexity index is 1180. The topological polar surface area (TPSA) is 140 Å². The number of fused-ring (bicyclic) bond motifs is 4. The number of hydrogen-bond donors (Lipinski definition) is 4. The number of nitrogens with zero attached hydrogens (tertiary/aromatic N) is 4. The predicted molar refractivity (Wildman–Crippen MR) is 127 cm³/mol. The Labute approximate surface area is 210 Å². The first-order chi connectivity index (χ1) is 17.5. The Morgan fingerprint density at radius 1 is 1.32 bits per heavy atom. The van der Waals surface area contributed by atoms with E-state index in [1.165, 1.54) is 29.3 Å². The summed E-state index contributed by atoms with van der Waals surface area (Å²) < 4.78 is 44.3. The molecule has 4 N–H and O–H groups in total. The lowest BCUT2D eigenvalue weighted by molar-refractivity contribution is -0.149. The summed E-state index contributed by atoms with van der Waals surface area (Å²) in [4.78, 5) is 37.8. The summed E-state index contributed by atoms with van der Waals surface area (Å²) in [5.74, 6) is -0.377. The van der Waals surface area contributed by atoms with E-state index in [0.29, 0.717) is 36.5 Å². The van der Waals surface area contributed by atoms with E-state index in [9.17, 15) is 27.9 Å². The van der Waals surface area contributed by atoms with Crippen molar-refractivity contribution in [1.29, 1.82) is 0 Å². The summed E-state index contributed by atoms with van der Waals surface area (Å²) in [5, 5.41) is 23.0. The number of anilines is 3. The minimum absolute atomic E-state index is 0.146. The highest BCUT2D eigenvalue weighted by Gasteiger charge is 2.42. The molecule has 200 valence electrons. The lowest BCUT2D eigenvalue weighted by Crippen LogP contribution is -2.49. The second-order valence-electron chi connectivity index (χ2n) is 8.95. The van der Waals surface area contributed by atoms with Crippen LogP contribution in [0.25, 0.3) is 0 Å². The molecule has 0 spiro atoms. The van der Waals surface area contributed by atoms with E-state index >= 15 is 0 Å². The normalized spacial score (nSPS) is 18.2. The average molecular weight is 525 g/mol. The zero-order valence-electron chi connectivity index (χ0n) is 20.1. The fourth-order valence-electron chi connectivity index (χ4n) is 4.25. The minimum atomic E-state index is -4.61. The van der Waals surface area contributed by atoms with Crippen molar-refractivity contribution in [3.8, 4) is 5.75 Å². The van der Waals surface area contributed by atoms with E-state index < -0.39 is 36.9 Å². The first-order valence-electron chi connectivity index (χ1n) is 11.6. The van der Waals surface area contributed by atoms with Crippen molar-refractivity contribution in [2.24, 2.45) is 0 Å². The number of nitrogens with one attached hydrogen (secondary N) is 2. The van der Waals surface area contributed by atoms with E-state index in [1.54, 1.807) is 6.92 Å². The Morgan fingerprint density at radius 3 is 2.78 bits per heavy atom. The van der Waals surface area contributed by atoms with Crippen LogP contribution in [0.1, 0.15) is 29.4 Å². The van der Waals surface area contributed by atoms with Crippen LogP contribution in [0.3, 0.4) is 0 Å². The Morgan fingerprint density at radius 2 is 2.08 bits per heavy atom. The molecule has 1 saturated heterocycles. The summed E-state index contributed by atoms with van der Waals surface area (Å²) in [6.45, 7) is 3.10.